The van der Waals surface area contributed by atoms with E-state index >= 15 is 0 Å². The first-order chi connectivity index (χ1) is 9.51. The number of hydrogen-bond acceptors (Lipinski definition) is 2. The van der Waals surface area contributed by atoms with Gasteiger partial charge in [-0.3, -0.25) is 0 Å². The van der Waals surface area contributed by atoms with Crippen LogP contribution in [0.25, 0.3) is 0 Å². The van der Waals surface area contributed by atoms with Crippen molar-refractivity contribution in [1.29, 1.82) is 0 Å². The first kappa shape index (κ1) is 15.0. The van der Waals surface area contributed by atoms with Gasteiger partial charge in [-0.1, -0.05) is 23.8 Å². The number of halogens is 2. The zero-order valence-corrected chi connectivity index (χ0v) is 13.2. The molecule has 0 saturated carbocycles. The van der Waals surface area contributed by atoms with Gasteiger partial charge in [0.05, 0.1) is 10.5 Å². The van der Waals surface area contributed by atoms with Gasteiger partial charge in [0.2, 0.25) is 0 Å². The van der Waals surface area contributed by atoms with Crippen LogP contribution in [-0.4, -0.2) is 6.54 Å². The summed E-state index contributed by atoms with van der Waals surface area (Å²) in [6, 6.07) is 11.2. The third-order valence-corrected chi connectivity index (χ3v) is 3.90. The molecule has 0 aliphatic carbocycles. The van der Waals surface area contributed by atoms with Crippen LogP contribution in [0.15, 0.2) is 40.9 Å². The molecule has 0 aliphatic heterocycles. The molecule has 2 aromatic carbocycles. The summed E-state index contributed by atoms with van der Waals surface area (Å²) in [5, 5.41) is 3.35. The molecule has 0 fully saturated rings. The lowest BCUT2D eigenvalue weighted by atomic mass is 9.99. The van der Waals surface area contributed by atoms with E-state index < -0.39 is 0 Å². The maximum Gasteiger partial charge on any atom is 0.137 e. The van der Waals surface area contributed by atoms with E-state index in [2.05, 4.69) is 53.3 Å². The quantitative estimate of drug-likeness (QED) is 0.872. The number of rotatable bonds is 4. The van der Waals surface area contributed by atoms with Crippen LogP contribution in [0.2, 0.25) is 0 Å². The Labute approximate surface area is 127 Å². The molecular formula is C16H18BrFN2. The monoisotopic (exact) mass is 336 g/mol. The van der Waals surface area contributed by atoms with Crippen molar-refractivity contribution in [1.82, 2.24) is 0 Å². The second kappa shape index (κ2) is 6.37. The molecule has 1 unspecified atom stereocenters. The van der Waals surface area contributed by atoms with E-state index in [0.29, 0.717) is 11.0 Å². The Hall–Kier alpha value is -1.39. The minimum atomic E-state index is -0.272. The molecule has 4 heteroatoms. The second-order valence-electron chi connectivity index (χ2n) is 4.92. The number of hydrogen-bond donors (Lipinski definition) is 2. The Bertz CT molecular complexity index is 613. The van der Waals surface area contributed by atoms with Gasteiger partial charge in [0.1, 0.15) is 5.82 Å². The lowest BCUT2D eigenvalue weighted by Crippen LogP contribution is -2.21. The number of benzene rings is 2. The van der Waals surface area contributed by atoms with E-state index in [9.17, 15) is 4.39 Å². The summed E-state index contributed by atoms with van der Waals surface area (Å²) in [6.45, 7) is 4.62. The number of nitrogens with two attached hydrogens (primary N) is 1. The highest BCUT2D eigenvalue weighted by molar-refractivity contribution is 9.10. The van der Waals surface area contributed by atoms with E-state index in [4.69, 9.17) is 5.73 Å². The third kappa shape index (κ3) is 3.38. The second-order valence-corrected chi connectivity index (χ2v) is 5.78. The van der Waals surface area contributed by atoms with Crippen molar-refractivity contribution in [2.24, 2.45) is 5.73 Å². The highest BCUT2D eigenvalue weighted by atomic mass is 79.9. The first-order valence-electron chi connectivity index (χ1n) is 6.50. The van der Waals surface area contributed by atoms with Crippen molar-refractivity contribution in [3.8, 4) is 0 Å². The van der Waals surface area contributed by atoms with Crippen LogP contribution >= 0.6 is 15.9 Å². The summed E-state index contributed by atoms with van der Waals surface area (Å²) in [5.74, 6) is -0.272. The van der Waals surface area contributed by atoms with Crippen LogP contribution in [0.4, 0.5) is 10.1 Å². The van der Waals surface area contributed by atoms with Crippen LogP contribution in [0, 0.1) is 19.7 Å². The van der Waals surface area contributed by atoms with E-state index in [0.717, 1.165) is 5.69 Å². The molecule has 2 aromatic rings. The summed E-state index contributed by atoms with van der Waals surface area (Å²) in [4.78, 5) is 0. The lowest BCUT2D eigenvalue weighted by Gasteiger charge is -2.21. The van der Waals surface area contributed by atoms with Crippen molar-refractivity contribution in [2.45, 2.75) is 19.9 Å². The lowest BCUT2D eigenvalue weighted by molar-refractivity contribution is 0.621. The van der Waals surface area contributed by atoms with Gasteiger partial charge in [-0.05, 0) is 59.1 Å². The molecule has 0 saturated heterocycles. The Kier molecular flexibility index (Phi) is 4.78. The Morgan fingerprint density at radius 1 is 1.20 bits per heavy atom. The molecule has 0 radical (unpaired) electrons. The van der Waals surface area contributed by atoms with E-state index in [-0.39, 0.29) is 11.9 Å². The van der Waals surface area contributed by atoms with Gasteiger partial charge >= 0.3 is 0 Å². The maximum atomic E-state index is 13.3. The summed E-state index contributed by atoms with van der Waals surface area (Å²) < 4.78 is 13.7. The number of aryl methyl sites for hydroxylation is 2. The molecule has 20 heavy (non-hydrogen) atoms. The maximum absolute atomic E-state index is 13.3. The predicted molar refractivity (Wildman–Crippen MR) is 85.4 cm³/mol. The van der Waals surface area contributed by atoms with E-state index in [1.807, 2.05) is 0 Å². The smallest absolute Gasteiger partial charge is 0.137 e. The van der Waals surface area contributed by atoms with Gasteiger partial charge in [-0.15, -0.1) is 0 Å². The molecule has 2 nitrogen and oxygen atoms in total. The standard InChI is InChI=1S/C16H18BrFN2/c1-10-3-5-13(11(2)7-10)16(9-19)20-12-4-6-15(18)14(17)8-12/h3-8,16,20H,9,19H2,1-2H3. The van der Waals surface area contributed by atoms with Crippen molar-refractivity contribution < 1.29 is 4.39 Å². The van der Waals surface area contributed by atoms with Crippen LogP contribution in [0.5, 0.6) is 0 Å². The normalized spacial score (nSPS) is 12.2. The fourth-order valence-corrected chi connectivity index (χ4v) is 2.65. The predicted octanol–water partition coefficient (Wildman–Crippen LogP) is 4.32. The molecule has 3 N–H and O–H groups in total. The molecule has 106 valence electrons. The van der Waals surface area contributed by atoms with Gasteiger partial charge in [0, 0.05) is 12.2 Å². The van der Waals surface area contributed by atoms with Gasteiger partial charge in [0.25, 0.3) is 0 Å². The number of nitrogens with one attached hydrogen (secondary N) is 1. The number of anilines is 1. The zero-order valence-electron chi connectivity index (χ0n) is 11.6. The summed E-state index contributed by atoms with van der Waals surface area (Å²) in [5.41, 5.74) is 10.3. The largest absolute Gasteiger partial charge is 0.377 e. The highest BCUT2D eigenvalue weighted by Gasteiger charge is 2.12. The molecule has 1 atom stereocenters. The summed E-state index contributed by atoms with van der Waals surface area (Å²) in [6.07, 6.45) is 0. The molecule has 0 heterocycles. The van der Waals surface area contributed by atoms with Crippen LogP contribution < -0.4 is 11.1 Å². The van der Waals surface area contributed by atoms with Crippen LogP contribution in [-0.2, 0) is 0 Å². The topological polar surface area (TPSA) is 38.0 Å². The van der Waals surface area contributed by atoms with Gasteiger partial charge in [0.15, 0.2) is 0 Å². The van der Waals surface area contributed by atoms with E-state index in [1.54, 1.807) is 12.1 Å². The summed E-state index contributed by atoms with van der Waals surface area (Å²) >= 11 is 3.19. The molecule has 2 rings (SSSR count). The van der Waals surface area contributed by atoms with Crippen molar-refractivity contribution >= 4 is 21.6 Å². The Morgan fingerprint density at radius 2 is 1.95 bits per heavy atom. The highest BCUT2D eigenvalue weighted by Crippen LogP contribution is 2.25. The summed E-state index contributed by atoms with van der Waals surface area (Å²) in [7, 11) is 0. The van der Waals surface area contributed by atoms with Crippen molar-refractivity contribution in [2.75, 3.05) is 11.9 Å². The Balaban J connectivity index is 2.26. The van der Waals surface area contributed by atoms with Crippen molar-refractivity contribution in [3.05, 3.63) is 63.4 Å². The minimum absolute atomic E-state index is 0.00737. The van der Waals surface area contributed by atoms with Crippen LogP contribution in [0.1, 0.15) is 22.7 Å². The third-order valence-electron chi connectivity index (χ3n) is 3.30. The van der Waals surface area contributed by atoms with Gasteiger partial charge in [-0.25, -0.2) is 4.39 Å². The SMILES string of the molecule is Cc1ccc(C(CN)Nc2ccc(F)c(Br)c2)c(C)c1. The Morgan fingerprint density at radius 3 is 2.55 bits per heavy atom. The van der Waals surface area contributed by atoms with Gasteiger partial charge < -0.3 is 11.1 Å². The molecule has 0 bridgehead atoms. The zero-order chi connectivity index (χ0) is 14.7. The first-order valence-corrected chi connectivity index (χ1v) is 7.29. The fourth-order valence-electron chi connectivity index (χ4n) is 2.27. The fraction of sp³-hybridized carbons (Fsp3) is 0.250. The van der Waals surface area contributed by atoms with Crippen molar-refractivity contribution in [3.63, 3.8) is 0 Å². The molecule has 0 aromatic heterocycles. The molecular weight excluding hydrogens is 319 g/mol. The minimum Gasteiger partial charge on any atom is -0.377 e. The van der Waals surface area contributed by atoms with Gasteiger partial charge in [-0.2, -0.15) is 0 Å². The van der Waals surface area contributed by atoms with Crippen LogP contribution in [0.3, 0.4) is 0 Å². The average molecular weight is 337 g/mol. The molecule has 0 spiro atoms. The molecule has 0 aliphatic rings. The van der Waals surface area contributed by atoms with E-state index in [1.165, 1.54) is 22.8 Å². The average Bonchev–Trinajstić information content (AvgIpc) is 2.41. The molecule has 0 amide bonds.